The van der Waals surface area contributed by atoms with Crippen molar-refractivity contribution in [2.75, 3.05) is 45.7 Å². The second-order valence-electron chi connectivity index (χ2n) is 12.2. The number of nitriles is 1. The van der Waals surface area contributed by atoms with E-state index in [4.69, 9.17) is 31.3 Å². The van der Waals surface area contributed by atoms with Crippen molar-refractivity contribution in [3.05, 3.63) is 105 Å². The summed E-state index contributed by atoms with van der Waals surface area (Å²) in [6.07, 6.45) is 2.08. The van der Waals surface area contributed by atoms with Crippen molar-refractivity contribution in [3.63, 3.8) is 0 Å². The number of quaternary nitrogens is 1. The number of anilines is 1. The molecule has 5 rings (SSSR count). The number of nitrogens with one attached hydrogen (secondary N) is 1. The van der Waals surface area contributed by atoms with Crippen molar-refractivity contribution in [2.45, 2.75) is 25.0 Å². The van der Waals surface area contributed by atoms with Gasteiger partial charge in [-0.25, -0.2) is 14.2 Å². The molecule has 4 aromatic rings. The van der Waals surface area contributed by atoms with Crippen LogP contribution in [-0.4, -0.2) is 84.7 Å². The van der Waals surface area contributed by atoms with Crippen molar-refractivity contribution in [1.82, 2.24) is 9.88 Å². The summed E-state index contributed by atoms with van der Waals surface area (Å²) in [5, 5.41) is 31.6. The molecule has 3 atom stereocenters. The monoisotopic (exact) mass is 732 g/mol. The molecule has 2 heterocycles. The smallest absolute Gasteiger partial charge is 0.411 e. The summed E-state index contributed by atoms with van der Waals surface area (Å²) in [5.74, 6) is -1.62. The van der Waals surface area contributed by atoms with Crippen LogP contribution in [0.15, 0.2) is 82.2 Å². The number of rotatable bonds is 14. The molecule has 2 N–H and O–H groups in total. The lowest BCUT2D eigenvalue weighted by Crippen LogP contribution is -2.53. The predicted octanol–water partition coefficient (Wildman–Crippen LogP) is 6.12. The first kappa shape index (κ1) is 37.2. The van der Waals surface area contributed by atoms with Gasteiger partial charge in [0.15, 0.2) is 6.34 Å². The van der Waals surface area contributed by atoms with Gasteiger partial charge in [0.1, 0.15) is 37.7 Å². The fourth-order valence-corrected chi connectivity index (χ4v) is 6.71. The van der Waals surface area contributed by atoms with E-state index >= 15 is 0 Å². The number of carbonyl (C=O) groups is 2. The Labute approximate surface area is 303 Å². The van der Waals surface area contributed by atoms with Gasteiger partial charge in [-0.3, -0.25) is 15.0 Å². The van der Waals surface area contributed by atoms with Crippen LogP contribution < -0.4 is 5.32 Å². The average Bonchev–Trinajstić information content (AvgIpc) is 3.78. The molecular formula is C36H36ClFN7O5S+. The van der Waals surface area contributed by atoms with E-state index in [-0.39, 0.29) is 37.4 Å². The second kappa shape index (κ2) is 16.3. The molecule has 12 nitrogen and oxygen atoms in total. The molecule has 1 amide bonds. The minimum atomic E-state index is -1.71. The van der Waals surface area contributed by atoms with Crippen molar-refractivity contribution >= 4 is 53.4 Å². The summed E-state index contributed by atoms with van der Waals surface area (Å²) >= 11 is 7.71. The van der Waals surface area contributed by atoms with Gasteiger partial charge in [-0.1, -0.05) is 54.0 Å². The molecule has 0 bridgehead atoms. The molecular weight excluding hydrogens is 697 g/mol. The number of nitrogens with zero attached hydrogens (tertiary/aromatic N) is 6. The molecule has 264 valence electrons. The highest BCUT2D eigenvalue weighted by Crippen LogP contribution is 2.41. The molecule has 0 aliphatic carbocycles. The van der Waals surface area contributed by atoms with Gasteiger partial charge in [-0.15, -0.1) is 15.9 Å². The van der Waals surface area contributed by atoms with Crippen molar-refractivity contribution in [1.29, 1.82) is 5.26 Å². The minimum absolute atomic E-state index is 0.0800. The number of aromatic nitrogens is 1. The van der Waals surface area contributed by atoms with Gasteiger partial charge in [0.25, 0.3) is 0 Å². The number of hydrogen-bond acceptors (Lipinski definition) is 11. The topological polar surface area (TPSA) is 150 Å². The number of benzene rings is 3. The van der Waals surface area contributed by atoms with Gasteiger partial charge in [-0.2, -0.15) is 10.3 Å². The molecule has 3 aromatic carbocycles. The standard InChI is InChI=1S/C36H35ClFN7O5S/c1-24(34-42-32(20-51-34)26-12-10-25(17-39)11-13-26)36(48,27-6-4-7-28(38)16-27)21-45(23-40-22-41-45)14-15-49-35(47)43-31-9-5-8-30(37)29(31)19-50-33(46)18-44(2)3/h4-13,16,20,22-24,48H,14-15,18-19,21H2,1-3H3/p+1/t24-,36+,45?/m0/s1. The van der Waals surface area contributed by atoms with E-state index < -0.39 is 29.4 Å². The predicted molar refractivity (Wildman–Crippen MR) is 193 cm³/mol. The molecule has 15 heteroatoms. The number of halogens is 2. The van der Waals surface area contributed by atoms with Gasteiger partial charge in [-0.05, 0) is 56.1 Å². The first-order valence-corrected chi connectivity index (χ1v) is 17.1. The highest BCUT2D eigenvalue weighted by molar-refractivity contribution is 7.10. The zero-order valence-corrected chi connectivity index (χ0v) is 29.7. The third kappa shape index (κ3) is 9.20. The third-order valence-electron chi connectivity index (χ3n) is 8.28. The van der Waals surface area contributed by atoms with Crippen LogP contribution in [0.2, 0.25) is 5.02 Å². The molecule has 1 aliphatic rings. The summed E-state index contributed by atoms with van der Waals surface area (Å²) in [6.45, 7) is 1.58. The van der Waals surface area contributed by atoms with E-state index in [2.05, 4.69) is 21.5 Å². The lowest BCUT2D eigenvalue weighted by Gasteiger charge is -2.38. The fourth-order valence-electron chi connectivity index (χ4n) is 5.51. The number of esters is 1. The van der Waals surface area contributed by atoms with Crippen LogP contribution in [0.4, 0.5) is 14.9 Å². The quantitative estimate of drug-likeness (QED) is 0.116. The van der Waals surface area contributed by atoms with Crippen molar-refractivity contribution in [3.8, 4) is 17.3 Å². The summed E-state index contributed by atoms with van der Waals surface area (Å²) < 4.78 is 25.2. The number of hydrogen-bond donors (Lipinski definition) is 2. The first-order chi connectivity index (χ1) is 24.4. The van der Waals surface area contributed by atoms with Crippen LogP contribution in [-0.2, 0) is 26.5 Å². The van der Waals surface area contributed by atoms with E-state index in [1.54, 1.807) is 67.5 Å². The SMILES string of the molecule is C[C@@H](c1nc(-c2ccc(C#N)cc2)cs1)[C@](O)(C[N+]1(CCOC(=O)Nc2cccc(Cl)c2COC(=O)CN(C)C)C=NC=N1)c1cccc(F)c1. The first-order valence-electron chi connectivity index (χ1n) is 15.8. The number of thiazole rings is 1. The lowest BCUT2D eigenvalue weighted by molar-refractivity contribution is -0.848. The maximum atomic E-state index is 14.6. The molecule has 0 saturated carbocycles. The zero-order valence-electron chi connectivity index (χ0n) is 28.1. The zero-order chi connectivity index (χ0) is 36.6. The Kier molecular flexibility index (Phi) is 11.9. The molecule has 0 radical (unpaired) electrons. The molecule has 0 fully saturated rings. The Morgan fingerprint density at radius 3 is 2.61 bits per heavy atom. The number of amides is 1. The van der Waals surface area contributed by atoms with Gasteiger partial charge >= 0.3 is 12.1 Å². The van der Waals surface area contributed by atoms with E-state index in [9.17, 15) is 19.1 Å². The van der Waals surface area contributed by atoms with E-state index in [1.807, 2.05) is 12.3 Å². The van der Waals surface area contributed by atoms with Gasteiger partial charge < -0.3 is 14.6 Å². The van der Waals surface area contributed by atoms with Gasteiger partial charge in [0.2, 0.25) is 6.34 Å². The van der Waals surface area contributed by atoms with Crippen molar-refractivity contribution < 1.29 is 33.2 Å². The maximum Gasteiger partial charge on any atom is 0.411 e. The Hall–Kier alpha value is -5.04. The third-order valence-corrected chi connectivity index (χ3v) is 9.66. The Morgan fingerprint density at radius 1 is 1.16 bits per heavy atom. The van der Waals surface area contributed by atoms with Gasteiger partial charge in [0.05, 0.1) is 34.6 Å². The Balaban J connectivity index is 1.31. The molecule has 0 saturated heterocycles. The number of aliphatic hydroxyl groups is 1. The Bertz CT molecular complexity index is 1970. The second-order valence-corrected chi connectivity index (χ2v) is 13.5. The van der Waals surface area contributed by atoms with E-state index in [0.717, 1.165) is 5.56 Å². The summed E-state index contributed by atoms with van der Waals surface area (Å²) in [6, 6.07) is 19.8. The molecule has 0 spiro atoms. The summed E-state index contributed by atoms with van der Waals surface area (Å²) in [4.78, 5) is 35.7. The largest absolute Gasteiger partial charge is 0.460 e. The molecule has 1 aromatic heterocycles. The average molecular weight is 733 g/mol. The minimum Gasteiger partial charge on any atom is -0.460 e. The molecule has 51 heavy (non-hydrogen) atoms. The molecule has 1 unspecified atom stereocenters. The van der Waals surface area contributed by atoms with Crippen molar-refractivity contribution in [2.24, 2.45) is 10.1 Å². The fraction of sp³-hybridized carbons (Fsp3) is 0.278. The van der Waals surface area contributed by atoms with Crippen LogP contribution >= 0.6 is 22.9 Å². The van der Waals surface area contributed by atoms with E-state index in [1.165, 1.54) is 42.2 Å². The molecule has 1 aliphatic heterocycles. The van der Waals surface area contributed by atoms with Crippen LogP contribution in [0.3, 0.4) is 0 Å². The number of aliphatic imine (C=N–C) groups is 1. The number of ether oxygens (including phenoxy) is 2. The normalized spacial score (nSPS) is 16.7. The highest BCUT2D eigenvalue weighted by atomic mass is 35.5. The van der Waals surface area contributed by atoms with Gasteiger partial charge in [0, 0.05) is 27.4 Å². The lowest BCUT2D eigenvalue weighted by atomic mass is 9.81. The highest BCUT2D eigenvalue weighted by Gasteiger charge is 2.48. The van der Waals surface area contributed by atoms with Crippen LogP contribution in [0.25, 0.3) is 11.3 Å². The van der Waals surface area contributed by atoms with Crippen LogP contribution in [0.1, 0.15) is 34.5 Å². The Morgan fingerprint density at radius 2 is 1.92 bits per heavy atom. The number of likely N-dealkylation sites (N-methyl/N-ethyl adjacent to an activating group) is 1. The van der Waals surface area contributed by atoms with Crippen LogP contribution in [0.5, 0.6) is 0 Å². The number of carbonyl (C=O) groups excluding carboxylic acids is 2. The maximum absolute atomic E-state index is 14.6. The van der Waals surface area contributed by atoms with E-state index in [0.29, 0.717) is 38.1 Å². The van der Waals surface area contributed by atoms with Crippen LogP contribution in [0, 0.1) is 17.1 Å². The summed E-state index contributed by atoms with van der Waals surface area (Å²) in [5.41, 5.74) is 1.33. The summed E-state index contributed by atoms with van der Waals surface area (Å²) in [7, 11) is 3.48.